The number of likely N-dealkylation sites (N-methyl/N-ethyl adjacent to an activating group) is 2. The van der Waals surface area contributed by atoms with E-state index >= 15 is 0 Å². The van der Waals surface area contributed by atoms with E-state index in [0.29, 0.717) is 12.1 Å². The Balaban J connectivity index is 1.58. The number of hydrogen-bond acceptors (Lipinski definition) is 0. The van der Waals surface area contributed by atoms with Crippen LogP contribution in [0.3, 0.4) is 0 Å². The third-order valence-corrected chi connectivity index (χ3v) is 7.85. The maximum atomic E-state index is 2.41. The Labute approximate surface area is 218 Å². The Morgan fingerprint density at radius 3 is 1.00 bits per heavy atom. The first-order valence-electron chi connectivity index (χ1n) is 13.2. The van der Waals surface area contributed by atoms with Crippen LogP contribution in [0.25, 0.3) is 0 Å². The normalized spacial score (nSPS) is 13.8. The van der Waals surface area contributed by atoms with Crippen molar-refractivity contribution in [3.05, 3.63) is 144 Å². The van der Waals surface area contributed by atoms with E-state index in [1.807, 2.05) is 0 Å². The predicted octanol–water partition coefficient (Wildman–Crippen LogP) is 7.11. The standard InChI is InChI=1S/C34H42N2/c1-35(2,33(31-21-13-7-14-22-31)27-29-17-9-5-10-18-29)25-26-36(3,4)34(32-23-15-8-16-24-32)28-30-19-11-6-12-20-30/h5-24,33-34H,25-28H2,1-4H3/q+2. The van der Waals surface area contributed by atoms with E-state index in [-0.39, 0.29) is 0 Å². The van der Waals surface area contributed by atoms with Crippen LogP contribution in [0.15, 0.2) is 121 Å². The fourth-order valence-corrected chi connectivity index (χ4v) is 5.39. The smallest absolute Gasteiger partial charge is 0.129 e. The van der Waals surface area contributed by atoms with Crippen LogP contribution in [0.5, 0.6) is 0 Å². The van der Waals surface area contributed by atoms with Crippen molar-refractivity contribution in [2.75, 3.05) is 41.3 Å². The molecule has 0 aliphatic rings. The molecular weight excluding hydrogens is 436 g/mol. The molecule has 0 saturated carbocycles. The van der Waals surface area contributed by atoms with Gasteiger partial charge in [-0.15, -0.1) is 0 Å². The molecule has 0 aliphatic heterocycles. The molecule has 2 unspecified atom stereocenters. The van der Waals surface area contributed by atoms with Crippen molar-refractivity contribution in [2.45, 2.75) is 24.9 Å². The first-order valence-corrected chi connectivity index (χ1v) is 13.2. The van der Waals surface area contributed by atoms with Gasteiger partial charge in [-0.05, 0) is 11.1 Å². The van der Waals surface area contributed by atoms with Gasteiger partial charge in [0.05, 0.1) is 28.2 Å². The Hall–Kier alpha value is -3.20. The minimum atomic E-state index is 0.401. The van der Waals surface area contributed by atoms with Crippen molar-refractivity contribution in [3.63, 3.8) is 0 Å². The Kier molecular flexibility index (Phi) is 8.40. The molecule has 0 aromatic heterocycles. The molecule has 0 spiro atoms. The van der Waals surface area contributed by atoms with Crippen LogP contribution in [0.1, 0.15) is 34.3 Å². The molecule has 36 heavy (non-hydrogen) atoms. The molecule has 4 rings (SSSR count). The fourth-order valence-electron chi connectivity index (χ4n) is 5.39. The molecule has 4 aromatic carbocycles. The molecule has 0 fully saturated rings. The lowest BCUT2D eigenvalue weighted by Crippen LogP contribution is -2.54. The summed E-state index contributed by atoms with van der Waals surface area (Å²) in [6, 6.07) is 44.9. The number of hydrogen-bond donors (Lipinski definition) is 0. The Morgan fingerprint density at radius 1 is 0.417 bits per heavy atom. The molecule has 0 N–H and O–H groups in total. The molecule has 0 radical (unpaired) electrons. The van der Waals surface area contributed by atoms with E-state index in [1.54, 1.807) is 0 Å². The molecule has 186 valence electrons. The second-order valence-corrected chi connectivity index (χ2v) is 11.2. The summed E-state index contributed by atoms with van der Waals surface area (Å²) < 4.78 is 1.90. The zero-order chi connectivity index (χ0) is 25.4. The number of quaternary nitrogens is 2. The maximum Gasteiger partial charge on any atom is 0.129 e. The van der Waals surface area contributed by atoms with E-state index in [2.05, 4.69) is 150 Å². The minimum absolute atomic E-state index is 0.401. The van der Waals surface area contributed by atoms with Gasteiger partial charge in [-0.1, -0.05) is 121 Å². The average molecular weight is 479 g/mol. The second kappa shape index (κ2) is 11.7. The van der Waals surface area contributed by atoms with Crippen molar-refractivity contribution in [1.29, 1.82) is 0 Å². The van der Waals surface area contributed by atoms with Gasteiger partial charge in [0.15, 0.2) is 0 Å². The van der Waals surface area contributed by atoms with E-state index in [0.717, 1.165) is 34.9 Å². The van der Waals surface area contributed by atoms with Crippen molar-refractivity contribution in [2.24, 2.45) is 0 Å². The fraction of sp³-hybridized carbons (Fsp3) is 0.294. The van der Waals surface area contributed by atoms with E-state index < -0.39 is 0 Å². The summed E-state index contributed by atoms with van der Waals surface area (Å²) in [6.45, 7) is 2.19. The van der Waals surface area contributed by atoms with E-state index in [9.17, 15) is 0 Å². The van der Waals surface area contributed by atoms with Crippen LogP contribution >= 0.6 is 0 Å². The molecule has 0 bridgehead atoms. The minimum Gasteiger partial charge on any atom is -0.317 e. The first-order chi connectivity index (χ1) is 17.4. The lowest BCUT2D eigenvalue weighted by atomic mass is 9.94. The molecule has 0 heterocycles. The Bertz CT molecular complexity index is 1070. The highest BCUT2D eigenvalue weighted by molar-refractivity contribution is 5.24. The van der Waals surface area contributed by atoms with Crippen LogP contribution in [-0.2, 0) is 12.8 Å². The molecule has 0 amide bonds. The van der Waals surface area contributed by atoms with Crippen molar-refractivity contribution < 1.29 is 8.97 Å². The van der Waals surface area contributed by atoms with Gasteiger partial charge >= 0.3 is 0 Å². The summed E-state index contributed by atoms with van der Waals surface area (Å²) in [5.41, 5.74) is 5.64. The summed E-state index contributed by atoms with van der Waals surface area (Å²) in [5.74, 6) is 0. The Morgan fingerprint density at radius 2 is 0.694 bits per heavy atom. The third-order valence-electron chi connectivity index (χ3n) is 7.85. The third kappa shape index (κ3) is 6.72. The van der Waals surface area contributed by atoms with Crippen LogP contribution < -0.4 is 0 Å². The van der Waals surface area contributed by atoms with Crippen molar-refractivity contribution in [1.82, 2.24) is 0 Å². The quantitative estimate of drug-likeness (QED) is 0.202. The van der Waals surface area contributed by atoms with Gasteiger partial charge in [0.1, 0.15) is 25.2 Å². The predicted molar refractivity (Wildman–Crippen MR) is 153 cm³/mol. The van der Waals surface area contributed by atoms with Crippen LogP contribution in [0, 0.1) is 0 Å². The summed E-state index contributed by atoms with van der Waals surface area (Å²) in [5, 5.41) is 0. The van der Waals surface area contributed by atoms with Gasteiger partial charge in [0.2, 0.25) is 0 Å². The number of rotatable bonds is 11. The molecule has 2 nitrogen and oxygen atoms in total. The topological polar surface area (TPSA) is 0 Å². The average Bonchev–Trinajstić information content (AvgIpc) is 2.91. The zero-order valence-electron chi connectivity index (χ0n) is 22.4. The summed E-state index contributed by atoms with van der Waals surface area (Å²) in [7, 11) is 9.65. The molecular formula is C34H42N2+2. The summed E-state index contributed by atoms with van der Waals surface area (Å²) >= 11 is 0. The van der Waals surface area contributed by atoms with E-state index in [4.69, 9.17) is 0 Å². The molecule has 0 saturated heterocycles. The summed E-state index contributed by atoms with van der Waals surface area (Å²) in [6.07, 6.45) is 2.08. The lowest BCUT2D eigenvalue weighted by molar-refractivity contribution is -0.974. The number of nitrogens with zero attached hydrogens (tertiary/aromatic N) is 2. The molecule has 0 aliphatic carbocycles. The van der Waals surface area contributed by atoms with Crippen LogP contribution in [0.2, 0.25) is 0 Å². The summed E-state index contributed by atoms with van der Waals surface area (Å²) in [4.78, 5) is 0. The highest BCUT2D eigenvalue weighted by Gasteiger charge is 2.36. The van der Waals surface area contributed by atoms with Crippen LogP contribution in [0.4, 0.5) is 0 Å². The van der Waals surface area contributed by atoms with E-state index in [1.165, 1.54) is 22.3 Å². The van der Waals surface area contributed by atoms with Gasteiger partial charge in [-0.2, -0.15) is 0 Å². The van der Waals surface area contributed by atoms with Gasteiger partial charge in [0, 0.05) is 24.0 Å². The second-order valence-electron chi connectivity index (χ2n) is 11.2. The lowest BCUT2D eigenvalue weighted by Gasteiger charge is -2.44. The largest absolute Gasteiger partial charge is 0.317 e. The van der Waals surface area contributed by atoms with Crippen molar-refractivity contribution >= 4 is 0 Å². The molecule has 2 heteroatoms. The first kappa shape index (κ1) is 25.9. The van der Waals surface area contributed by atoms with Crippen molar-refractivity contribution in [3.8, 4) is 0 Å². The maximum absolute atomic E-state index is 2.41. The SMILES string of the molecule is C[N+](C)(CC[N+](C)(C)C(Cc1ccccc1)c1ccccc1)C(Cc1ccccc1)c1ccccc1. The highest BCUT2D eigenvalue weighted by Crippen LogP contribution is 2.32. The molecule has 4 aromatic rings. The highest BCUT2D eigenvalue weighted by atomic mass is 15.4. The van der Waals surface area contributed by atoms with Gasteiger partial charge in [-0.25, -0.2) is 0 Å². The number of benzene rings is 4. The zero-order valence-corrected chi connectivity index (χ0v) is 22.4. The molecule has 2 atom stereocenters. The van der Waals surface area contributed by atoms with Gasteiger partial charge in [0.25, 0.3) is 0 Å². The van der Waals surface area contributed by atoms with Gasteiger partial charge in [-0.3, -0.25) is 0 Å². The van der Waals surface area contributed by atoms with Gasteiger partial charge < -0.3 is 8.97 Å². The monoisotopic (exact) mass is 478 g/mol. The van der Waals surface area contributed by atoms with Crippen LogP contribution in [-0.4, -0.2) is 50.2 Å².